The van der Waals surface area contributed by atoms with Gasteiger partial charge >= 0.3 is 5.97 Å². The second-order valence-electron chi connectivity index (χ2n) is 7.54. The first-order valence-corrected chi connectivity index (χ1v) is 10.6. The van der Waals surface area contributed by atoms with Gasteiger partial charge in [0, 0.05) is 12.5 Å². The van der Waals surface area contributed by atoms with Crippen molar-refractivity contribution in [2.45, 2.75) is 103 Å². The van der Waals surface area contributed by atoms with Crippen LogP contribution >= 0.6 is 0 Å². The van der Waals surface area contributed by atoms with Crippen molar-refractivity contribution in [3.63, 3.8) is 0 Å². The third-order valence-corrected chi connectivity index (χ3v) is 5.49. The maximum atomic E-state index is 11.9. The molecule has 0 atom stereocenters. The molecule has 0 aliphatic heterocycles. The molecule has 0 saturated carbocycles. The van der Waals surface area contributed by atoms with Crippen molar-refractivity contribution >= 4 is 5.97 Å². The average molecular weight is 345 g/mol. The molecular weight excluding hydrogens is 308 g/mol. The van der Waals surface area contributed by atoms with Gasteiger partial charge in [0.2, 0.25) is 0 Å². The summed E-state index contributed by atoms with van der Waals surface area (Å²) in [6, 6.07) is 0. The monoisotopic (exact) mass is 344 g/mol. The van der Waals surface area contributed by atoms with Gasteiger partial charge in [0.15, 0.2) is 0 Å². The molecule has 0 unspecified atom stereocenters. The van der Waals surface area contributed by atoms with E-state index in [1.54, 1.807) is 0 Å². The number of rotatable bonds is 3. The Bertz CT molecular complexity index is 484. The molecule has 140 valence electrons. The van der Waals surface area contributed by atoms with E-state index in [-0.39, 0.29) is 5.97 Å². The maximum absolute atomic E-state index is 11.9. The van der Waals surface area contributed by atoms with Crippen LogP contribution in [0.3, 0.4) is 0 Å². The molecular formula is C23H36O2. The molecule has 0 saturated heterocycles. The molecule has 0 aromatic rings. The van der Waals surface area contributed by atoms with Crippen LogP contribution in [0, 0.1) is 0 Å². The SMILES string of the molecule is C=CC(=O)O/C1=C(\C2=C\CCCCCCCC2)CCCCCCCC1. The summed E-state index contributed by atoms with van der Waals surface area (Å²) in [4.78, 5) is 11.9. The Morgan fingerprint density at radius 1 is 0.800 bits per heavy atom. The summed E-state index contributed by atoms with van der Waals surface area (Å²) in [5.74, 6) is 0.639. The zero-order valence-electron chi connectivity index (χ0n) is 16.0. The number of carbonyl (C=O) groups is 1. The summed E-state index contributed by atoms with van der Waals surface area (Å²) in [5.41, 5.74) is 2.81. The van der Waals surface area contributed by atoms with Crippen molar-refractivity contribution in [3.8, 4) is 0 Å². The minimum atomic E-state index is -0.301. The lowest BCUT2D eigenvalue weighted by atomic mass is 9.89. The molecule has 0 aromatic heterocycles. The molecule has 0 fully saturated rings. The van der Waals surface area contributed by atoms with Crippen LogP contribution in [0.1, 0.15) is 103 Å². The second-order valence-corrected chi connectivity index (χ2v) is 7.54. The minimum absolute atomic E-state index is 0.301. The molecule has 2 aliphatic carbocycles. The fourth-order valence-electron chi connectivity index (χ4n) is 4.02. The highest BCUT2D eigenvalue weighted by molar-refractivity contribution is 5.82. The van der Waals surface area contributed by atoms with Crippen LogP contribution in [-0.4, -0.2) is 5.97 Å². The number of hydrogen-bond donors (Lipinski definition) is 0. The lowest BCUT2D eigenvalue weighted by Gasteiger charge is -2.20. The van der Waals surface area contributed by atoms with E-state index in [0.29, 0.717) is 0 Å². The Kier molecular flexibility index (Phi) is 9.69. The standard InChI is InChI=1S/C23H36O2/c1-2-23(24)25-22-19-15-11-7-6-10-14-18-21(22)20-16-12-8-4-3-5-9-13-17-20/h2,16H,1,3-15,17-19H2/b20-16+,22-21-. The van der Waals surface area contributed by atoms with Crippen LogP contribution in [0.2, 0.25) is 0 Å². The highest BCUT2D eigenvalue weighted by Gasteiger charge is 2.17. The Balaban J connectivity index is 2.26. The van der Waals surface area contributed by atoms with Gasteiger partial charge in [-0.3, -0.25) is 0 Å². The van der Waals surface area contributed by atoms with E-state index < -0.39 is 0 Å². The summed E-state index contributed by atoms with van der Waals surface area (Å²) in [5, 5.41) is 0. The molecule has 0 radical (unpaired) electrons. The molecule has 0 bridgehead atoms. The predicted octanol–water partition coefficient (Wildman–Crippen LogP) is 7.16. The lowest BCUT2D eigenvalue weighted by molar-refractivity contribution is -0.134. The summed E-state index contributed by atoms with van der Waals surface area (Å²) in [6.07, 6.45) is 23.5. The van der Waals surface area contributed by atoms with Gasteiger partial charge in [0.05, 0.1) is 0 Å². The van der Waals surface area contributed by atoms with Gasteiger partial charge in [0.1, 0.15) is 5.76 Å². The molecule has 2 rings (SSSR count). The van der Waals surface area contributed by atoms with Crippen molar-refractivity contribution in [3.05, 3.63) is 35.6 Å². The van der Waals surface area contributed by atoms with E-state index in [1.165, 1.54) is 94.3 Å². The van der Waals surface area contributed by atoms with Crippen molar-refractivity contribution in [1.29, 1.82) is 0 Å². The van der Waals surface area contributed by atoms with Gasteiger partial charge in [-0.2, -0.15) is 0 Å². The number of hydrogen-bond acceptors (Lipinski definition) is 2. The minimum Gasteiger partial charge on any atom is -0.428 e. The van der Waals surface area contributed by atoms with E-state index in [1.807, 2.05) is 0 Å². The van der Waals surface area contributed by atoms with Crippen molar-refractivity contribution < 1.29 is 9.53 Å². The highest BCUT2D eigenvalue weighted by Crippen LogP contribution is 2.32. The molecule has 0 spiro atoms. The number of carbonyl (C=O) groups excluding carboxylic acids is 1. The normalized spacial score (nSPS) is 26.8. The van der Waals surface area contributed by atoms with Crippen LogP contribution in [0.4, 0.5) is 0 Å². The summed E-state index contributed by atoms with van der Waals surface area (Å²) in [6.45, 7) is 3.58. The molecule has 0 amide bonds. The van der Waals surface area contributed by atoms with Crippen LogP contribution in [0.5, 0.6) is 0 Å². The number of ether oxygens (including phenoxy) is 1. The van der Waals surface area contributed by atoms with Crippen LogP contribution < -0.4 is 0 Å². The lowest BCUT2D eigenvalue weighted by Crippen LogP contribution is -2.07. The molecule has 0 N–H and O–H groups in total. The van der Waals surface area contributed by atoms with Gasteiger partial charge in [-0.15, -0.1) is 0 Å². The fraction of sp³-hybridized carbons (Fsp3) is 0.696. The third-order valence-electron chi connectivity index (χ3n) is 5.49. The second kappa shape index (κ2) is 12.1. The van der Waals surface area contributed by atoms with E-state index in [4.69, 9.17) is 4.74 Å². The summed E-state index contributed by atoms with van der Waals surface area (Å²) >= 11 is 0. The first-order valence-electron chi connectivity index (χ1n) is 10.6. The Labute approximate surface area is 154 Å². The van der Waals surface area contributed by atoms with Crippen molar-refractivity contribution in [2.75, 3.05) is 0 Å². The van der Waals surface area contributed by atoms with Crippen LogP contribution in [0.25, 0.3) is 0 Å². The van der Waals surface area contributed by atoms with Crippen LogP contribution in [0.15, 0.2) is 35.6 Å². The average Bonchev–Trinajstić information content (AvgIpc) is 2.64. The molecule has 2 nitrogen and oxygen atoms in total. The third kappa shape index (κ3) is 7.63. The van der Waals surface area contributed by atoms with Gasteiger partial charge in [-0.25, -0.2) is 4.79 Å². The zero-order valence-corrected chi connectivity index (χ0v) is 16.0. The zero-order chi connectivity index (χ0) is 17.7. The molecule has 2 aliphatic rings. The Hall–Kier alpha value is -1.31. The summed E-state index contributed by atoms with van der Waals surface area (Å²) in [7, 11) is 0. The first-order chi connectivity index (χ1) is 12.3. The van der Waals surface area contributed by atoms with Gasteiger partial charge in [-0.1, -0.05) is 64.0 Å². The molecule has 0 heterocycles. The molecule has 2 heteroatoms. The van der Waals surface area contributed by atoms with E-state index in [9.17, 15) is 4.79 Å². The van der Waals surface area contributed by atoms with Gasteiger partial charge in [-0.05, 0) is 56.1 Å². The fourth-order valence-corrected chi connectivity index (χ4v) is 4.02. The quantitative estimate of drug-likeness (QED) is 0.401. The van der Waals surface area contributed by atoms with Crippen molar-refractivity contribution in [1.82, 2.24) is 0 Å². The maximum Gasteiger partial charge on any atom is 0.335 e. The van der Waals surface area contributed by atoms with Crippen LogP contribution in [-0.2, 0) is 9.53 Å². The van der Waals surface area contributed by atoms with Crippen molar-refractivity contribution in [2.24, 2.45) is 0 Å². The first kappa shape index (κ1) is 20.0. The summed E-state index contributed by atoms with van der Waals surface area (Å²) < 4.78 is 5.75. The van der Waals surface area contributed by atoms with E-state index in [0.717, 1.165) is 31.4 Å². The Morgan fingerprint density at radius 3 is 2.04 bits per heavy atom. The molecule has 0 aromatic carbocycles. The largest absolute Gasteiger partial charge is 0.428 e. The molecule has 25 heavy (non-hydrogen) atoms. The smallest absolute Gasteiger partial charge is 0.335 e. The van der Waals surface area contributed by atoms with E-state index in [2.05, 4.69) is 12.7 Å². The predicted molar refractivity (Wildman–Crippen MR) is 105 cm³/mol. The highest BCUT2D eigenvalue weighted by atomic mass is 16.5. The number of allylic oxidation sites excluding steroid dienone is 4. The topological polar surface area (TPSA) is 26.3 Å². The number of esters is 1. The Morgan fingerprint density at radius 2 is 1.36 bits per heavy atom. The van der Waals surface area contributed by atoms with E-state index >= 15 is 0 Å². The van der Waals surface area contributed by atoms with Gasteiger partial charge < -0.3 is 4.74 Å². The van der Waals surface area contributed by atoms with Gasteiger partial charge in [0.25, 0.3) is 0 Å².